The Hall–Kier alpha value is -4.41. The average Bonchev–Trinajstić information content (AvgIpc) is 3.07. The summed E-state index contributed by atoms with van der Waals surface area (Å²) in [6, 6.07) is -1.99. The summed E-state index contributed by atoms with van der Waals surface area (Å²) < 4.78 is 66.9. The molecule has 3 amide bonds. The van der Waals surface area contributed by atoms with E-state index in [4.69, 9.17) is 5.53 Å². The Kier molecular flexibility index (Phi) is 10.8. The predicted molar refractivity (Wildman–Crippen MR) is 144 cm³/mol. The number of Topliss-reactive ketones (excluding diaryl/α,β-unsaturated/α-hetero) is 1. The van der Waals surface area contributed by atoms with Crippen molar-refractivity contribution >= 4 is 45.7 Å². The number of hydrogen-bond acceptors (Lipinski definition) is 7. The number of hydrazine groups is 1. The van der Waals surface area contributed by atoms with Gasteiger partial charge in [-0.1, -0.05) is 6.08 Å². The fraction of sp³-hybridized carbons (Fsp3) is 0.462. The van der Waals surface area contributed by atoms with E-state index in [0.717, 1.165) is 10.0 Å². The molecular weight excluding hydrogens is 613 g/mol. The number of nitrogens with one attached hydrogen (secondary N) is 2. The van der Waals surface area contributed by atoms with Gasteiger partial charge < -0.3 is 16.0 Å². The number of rotatable bonds is 12. The maximum Gasteiger partial charge on any atom is 0.416 e. The Balaban J connectivity index is 1.89. The van der Waals surface area contributed by atoms with Crippen molar-refractivity contribution in [3.8, 4) is 0 Å². The minimum Gasteiger partial charge on any atom is -0.481 e. The van der Waals surface area contributed by atoms with E-state index in [0.29, 0.717) is 30.5 Å². The molecule has 2 aliphatic rings. The standard InChI is InChI=1S/C26H29F3N6O8S/c1-2-4-15(25(40)41)13-19(21(36)14-31-30)32-23(38)20-5-3-12-34-22(37)11-10-18(24(39)35(20)34)33-44(42,43)17-8-6-16(7-9-17)26(27,28)29/h2,6-9,14-15,18-20,33H,1,3-5,10-13H2,(H,32,38)(H,40,41)/t15?,18-,19-,20-/m0/s1. The lowest BCUT2D eigenvalue weighted by molar-refractivity contribution is -0.176. The van der Waals surface area contributed by atoms with Gasteiger partial charge in [-0.05, 0) is 56.4 Å². The van der Waals surface area contributed by atoms with Gasteiger partial charge in [0.05, 0.1) is 22.4 Å². The highest BCUT2D eigenvalue weighted by Crippen LogP contribution is 2.30. The monoisotopic (exact) mass is 642 g/mol. The number of benzene rings is 1. The molecule has 3 rings (SSSR count). The van der Waals surface area contributed by atoms with Crippen LogP contribution >= 0.6 is 0 Å². The summed E-state index contributed by atoms with van der Waals surface area (Å²) >= 11 is 0. The van der Waals surface area contributed by atoms with E-state index in [-0.39, 0.29) is 38.6 Å². The van der Waals surface area contributed by atoms with E-state index < -0.39 is 86.6 Å². The van der Waals surface area contributed by atoms with Crippen LogP contribution in [0.3, 0.4) is 0 Å². The number of carbonyl (C=O) groups excluding carboxylic acids is 4. The number of amides is 3. The van der Waals surface area contributed by atoms with Gasteiger partial charge in [0, 0.05) is 13.0 Å². The summed E-state index contributed by atoms with van der Waals surface area (Å²) in [6.45, 7) is 3.47. The number of allylic oxidation sites excluding steroid dienone is 1. The second kappa shape index (κ2) is 13.9. The van der Waals surface area contributed by atoms with Crippen LogP contribution in [-0.2, 0) is 40.2 Å². The molecular formula is C26H29F3N6O8S. The number of aliphatic carboxylic acids is 1. The highest BCUT2D eigenvalue weighted by atomic mass is 32.2. The number of carboxylic acid groups (broad SMARTS) is 1. The fourth-order valence-corrected chi connectivity index (χ4v) is 6.13. The van der Waals surface area contributed by atoms with Crippen molar-refractivity contribution in [1.29, 1.82) is 0 Å². The third-order valence-corrected chi connectivity index (χ3v) is 8.61. The smallest absolute Gasteiger partial charge is 0.416 e. The van der Waals surface area contributed by atoms with Gasteiger partial charge in [-0.15, -0.1) is 6.58 Å². The zero-order valence-corrected chi connectivity index (χ0v) is 23.9. The first kappa shape index (κ1) is 34.1. The molecule has 0 spiro atoms. The normalized spacial score (nSPS) is 20.4. The SMILES string of the molecule is C=CCC(C[C@H](NC(=O)[C@@H]1CCCN2C(=O)CC[C@H](NS(=O)(=O)c3ccc(C(F)(F)F)cc3)C(=O)N12)C(=O)C=[N+]=[N-])C(=O)O. The number of sulfonamides is 1. The number of carbonyl (C=O) groups is 5. The van der Waals surface area contributed by atoms with Gasteiger partial charge in [0.2, 0.25) is 21.8 Å². The molecule has 0 saturated carbocycles. The van der Waals surface area contributed by atoms with Gasteiger partial charge in [-0.3, -0.25) is 29.0 Å². The quantitative estimate of drug-likeness (QED) is 0.129. The molecule has 1 unspecified atom stereocenters. The Morgan fingerprint density at radius 2 is 1.84 bits per heavy atom. The van der Waals surface area contributed by atoms with Crippen LogP contribution in [-0.4, -0.2) is 88.7 Å². The first-order chi connectivity index (χ1) is 20.6. The first-order valence-electron chi connectivity index (χ1n) is 13.3. The van der Waals surface area contributed by atoms with E-state index in [1.807, 2.05) is 0 Å². The van der Waals surface area contributed by atoms with Crippen molar-refractivity contribution in [1.82, 2.24) is 20.1 Å². The lowest BCUT2D eigenvalue weighted by Gasteiger charge is -2.43. The van der Waals surface area contributed by atoms with Crippen molar-refractivity contribution < 1.29 is 55.5 Å². The number of halogens is 3. The van der Waals surface area contributed by atoms with Gasteiger partial charge in [-0.25, -0.2) is 13.4 Å². The summed E-state index contributed by atoms with van der Waals surface area (Å²) in [6.07, 6.45) is -3.87. The molecule has 2 saturated heterocycles. The lowest BCUT2D eigenvalue weighted by Crippen LogP contribution is -2.64. The molecule has 1 aromatic rings. The Morgan fingerprint density at radius 1 is 1.18 bits per heavy atom. The van der Waals surface area contributed by atoms with Gasteiger partial charge in [0.15, 0.2) is 0 Å². The van der Waals surface area contributed by atoms with Gasteiger partial charge in [-0.2, -0.15) is 22.7 Å². The number of fused-ring (bicyclic) bond motifs is 1. The number of carboxylic acids is 1. The Morgan fingerprint density at radius 3 is 2.41 bits per heavy atom. The highest BCUT2D eigenvalue weighted by Gasteiger charge is 2.46. The summed E-state index contributed by atoms with van der Waals surface area (Å²) in [7, 11) is -4.57. The second-order valence-electron chi connectivity index (χ2n) is 10.1. The van der Waals surface area contributed by atoms with E-state index in [9.17, 15) is 50.7 Å². The molecule has 14 nitrogen and oxygen atoms in total. The molecule has 0 radical (unpaired) electrons. The van der Waals surface area contributed by atoms with Crippen molar-refractivity contribution in [3.05, 3.63) is 48.0 Å². The molecule has 238 valence electrons. The molecule has 2 fully saturated rings. The average molecular weight is 643 g/mol. The number of ketones is 1. The van der Waals surface area contributed by atoms with Gasteiger partial charge in [0.25, 0.3) is 11.7 Å². The first-order valence-corrected chi connectivity index (χ1v) is 14.8. The minimum atomic E-state index is -4.71. The number of alkyl halides is 3. The van der Waals surface area contributed by atoms with Crippen LogP contribution < -0.4 is 10.0 Å². The van der Waals surface area contributed by atoms with Crippen LogP contribution in [0.2, 0.25) is 0 Å². The van der Waals surface area contributed by atoms with Crippen molar-refractivity contribution in [3.63, 3.8) is 0 Å². The number of nitrogens with zero attached hydrogens (tertiary/aromatic N) is 4. The van der Waals surface area contributed by atoms with Crippen molar-refractivity contribution in [2.24, 2.45) is 5.92 Å². The van der Waals surface area contributed by atoms with Gasteiger partial charge in [0.1, 0.15) is 12.1 Å². The Labute approximate surface area is 249 Å². The van der Waals surface area contributed by atoms with Crippen LogP contribution in [0.1, 0.15) is 44.1 Å². The topological polar surface area (TPSA) is 207 Å². The van der Waals surface area contributed by atoms with Crippen LogP contribution in [0.15, 0.2) is 41.8 Å². The highest BCUT2D eigenvalue weighted by molar-refractivity contribution is 7.89. The summed E-state index contributed by atoms with van der Waals surface area (Å²) in [5.41, 5.74) is 7.73. The predicted octanol–water partition coefficient (Wildman–Crippen LogP) is 0.902. The third-order valence-electron chi connectivity index (χ3n) is 7.12. The molecule has 1 aromatic carbocycles. The van der Waals surface area contributed by atoms with E-state index in [1.54, 1.807) is 0 Å². The van der Waals surface area contributed by atoms with E-state index in [1.165, 1.54) is 6.08 Å². The van der Waals surface area contributed by atoms with E-state index >= 15 is 0 Å². The fourth-order valence-electron chi connectivity index (χ4n) is 4.90. The number of hydrogen-bond donors (Lipinski definition) is 3. The maximum absolute atomic E-state index is 13.7. The summed E-state index contributed by atoms with van der Waals surface area (Å²) in [4.78, 5) is 66.4. The summed E-state index contributed by atoms with van der Waals surface area (Å²) in [5, 5.41) is 13.6. The van der Waals surface area contributed by atoms with E-state index in [2.05, 4.69) is 21.4 Å². The maximum atomic E-state index is 13.7. The zero-order chi connectivity index (χ0) is 32.8. The zero-order valence-electron chi connectivity index (χ0n) is 23.1. The van der Waals surface area contributed by atoms with Crippen LogP contribution in [0.4, 0.5) is 13.2 Å². The lowest BCUT2D eigenvalue weighted by atomic mass is 9.94. The van der Waals surface area contributed by atoms with Crippen LogP contribution in [0.5, 0.6) is 0 Å². The molecule has 4 atom stereocenters. The minimum absolute atomic E-state index is 0.00663. The van der Waals surface area contributed by atoms with Crippen LogP contribution in [0, 0.1) is 5.92 Å². The third kappa shape index (κ3) is 7.94. The van der Waals surface area contributed by atoms with Gasteiger partial charge >= 0.3 is 18.4 Å². The molecule has 0 bridgehead atoms. The largest absolute Gasteiger partial charge is 0.481 e. The molecule has 0 aromatic heterocycles. The molecule has 0 aliphatic carbocycles. The molecule has 3 N–H and O–H groups in total. The molecule has 18 heteroatoms. The van der Waals surface area contributed by atoms with Crippen molar-refractivity contribution in [2.75, 3.05) is 6.54 Å². The summed E-state index contributed by atoms with van der Waals surface area (Å²) in [5.74, 6) is -5.98. The Bertz CT molecular complexity index is 1480. The molecule has 2 aliphatic heterocycles. The van der Waals surface area contributed by atoms with Crippen LogP contribution in [0.25, 0.3) is 5.53 Å². The molecule has 2 heterocycles. The molecule has 44 heavy (non-hydrogen) atoms. The van der Waals surface area contributed by atoms with Crippen molar-refractivity contribution in [2.45, 2.75) is 67.7 Å². The second-order valence-corrected chi connectivity index (χ2v) is 11.8.